The van der Waals surface area contributed by atoms with Crippen LogP contribution in [0.15, 0.2) is 18.2 Å². The van der Waals surface area contributed by atoms with Crippen molar-refractivity contribution in [2.75, 3.05) is 26.1 Å². The van der Waals surface area contributed by atoms with E-state index in [9.17, 15) is 4.79 Å². The minimum atomic E-state index is -1.65. The second kappa shape index (κ2) is 6.93. The van der Waals surface area contributed by atoms with Gasteiger partial charge < -0.3 is 14.2 Å². The molecule has 1 aromatic carbocycles. The fourth-order valence-electron chi connectivity index (χ4n) is 1.20. The van der Waals surface area contributed by atoms with E-state index in [1.165, 1.54) is 14.2 Å². The van der Waals surface area contributed by atoms with E-state index < -0.39 is 9.89 Å². The Morgan fingerprint density at radius 3 is 2.47 bits per heavy atom. The molecule has 0 spiro atoms. The molecule has 1 amide bonds. The van der Waals surface area contributed by atoms with Crippen LogP contribution in [0, 0.1) is 0 Å². The quantitative estimate of drug-likeness (QED) is 0.858. The highest BCUT2D eigenvalue weighted by Gasteiger charge is 2.22. The Bertz CT molecular complexity index is 448. The van der Waals surface area contributed by atoms with E-state index in [2.05, 4.69) is 5.32 Å². The van der Waals surface area contributed by atoms with Crippen molar-refractivity contribution in [2.45, 2.75) is 3.79 Å². The molecule has 106 valence electrons. The molecule has 0 aliphatic heterocycles. The first-order chi connectivity index (χ1) is 8.85. The van der Waals surface area contributed by atoms with Gasteiger partial charge in [0.1, 0.15) is 18.1 Å². The molecule has 0 fully saturated rings. The molecule has 0 radical (unpaired) electrons. The standard InChI is InChI=1S/C11H12Cl3NO4/c1-17-7-3-4-8(9(5-7)18-2)15-10(16)19-6-11(12,13)14/h3-5H,6H2,1-2H3,(H,15,16). The van der Waals surface area contributed by atoms with E-state index in [1.807, 2.05) is 0 Å². The summed E-state index contributed by atoms with van der Waals surface area (Å²) in [5.41, 5.74) is 0.414. The number of carbonyl (C=O) groups excluding carboxylic acids is 1. The summed E-state index contributed by atoms with van der Waals surface area (Å²) in [7, 11) is 2.99. The van der Waals surface area contributed by atoms with Crippen LogP contribution in [-0.4, -0.2) is 30.7 Å². The predicted molar refractivity (Wildman–Crippen MR) is 74.8 cm³/mol. The topological polar surface area (TPSA) is 56.8 Å². The number of ether oxygens (including phenoxy) is 3. The van der Waals surface area contributed by atoms with Gasteiger partial charge in [0.15, 0.2) is 0 Å². The molecule has 0 aliphatic carbocycles. The number of halogens is 3. The largest absolute Gasteiger partial charge is 0.497 e. The van der Waals surface area contributed by atoms with Crippen molar-refractivity contribution in [3.8, 4) is 11.5 Å². The summed E-state index contributed by atoms with van der Waals surface area (Å²) < 4.78 is 13.2. The summed E-state index contributed by atoms with van der Waals surface area (Å²) in [5.74, 6) is 1.02. The van der Waals surface area contributed by atoms with Gasteiger partial charge in [-0.3, -0.25) is 5.32 Å². The van der Waals surface area contributed by atoms with Gasteiger partial charge in [0.25, 0.3) is 0 Å². The van der Waals surface area contributed by atoms with Gasteiger partial charge in [-0.15, -0.1) is 0 Å². The van der Waals surface area contributed by atoms with Gasteiger partial charge in [-0.2, -0.15) is 0 Å². The maximum Gasteiger partial charge on any atom is 0.411 e. The lowest BCUT2D eigenvalue weighted by atomic mass is 10.3. The molecule has 0 heterocycles. The van der Waals surface area contributed by atoms with E-state index in [0.29, 0.717) is 17.2 Å². The number of carbonyl (C=O) groups is 1. The van der Waals surface area contributed by atoms with Gasteiger partial charge in [-0.05, 0) is 12.1 Å². The fraction of sp³-hybridized carbons (Fsp3) is 0.364. The number of hydrogen-bond acceptors (Lipinski definition) is 4. The van der Waals surface area contributed by atoms with E-state index in [-0.39, 0.29) is 6.61 Å². The molecule has 0 unspecified atom stereocenters. The van der Waals surface area contributed by atoms with E-state index in [1.54, 1.807) is 18.2 Å². The zero-order chi connectivity index (χ0) is 14.5. The van der Waals surface area contributed by atoms with Crippen LogP contribution in [0.4, 0.5) is 10.5 Å². The van der Waals surface area contributed by atoms with Crippen LogP contribution in [0.2, 0.25) is 0 Å². The molecule has 1 rings (SSSR count). The van der Waals surface area contributed by atoms with Gasteiger partial charge >= 0.3 is 6.09 Å². The minimum Gasteiger partial charge on any atom is -0.497 e. The maximum atomic E-state index is 11.5. The minimum absolute atomic E-state index is 0.359. The fourth-order valence-corrected chi connectivity index (χ4v) is 1.36. The van der Waals surface area contributed by atoms with Gasteiger partial charge in [0.05, 0.1) is 19.9 Å². The van der Waals surface area contributed by atoms with Crippen molar-refractivity contribution < 1.29 is 19.0 Å². The third-order valence-electron chi connectivity index (χ3n) is 2.01. The Morgan fingerprint density at radius 2 is 1.95 bits per heavy atom. The third-order valence-corrected chi connectivity index (χ3v) is 2.34. The SMILES string of the molecule is COc1ccc(NC(=O)OCC(Cl)(Cl)Cl)c(OC)c1. The Balaban J connectivity index is 2.68. The lowest BCUT2D eigenvalue weighted by Crippen LogP contribution is -2.21. The number of benzene rings is 1. The van der Waals surface area contributed by atoms with Gasteiger partial charge in [0, 0.05) is 6.07 Å². The van der Waals surface area contributed by atoms with Crippen LogP contribution in [0.5, 0.6) is 11.5 Å². The van der Waals surface area contributed by atoms with Gasteiger partial charge in [-0.1, -0.05) is 34.8 Å². The Morgan fingerprint density at radius 1 is 1.26 bits per heavy atom. The average Bonchev–Trinajstić information content (AvgIpc) is 2.36. The smallest absolute Gasteiger partial charge is 0.411 e. The van der Waals surface area contributed by atoms with Crippen molar-refractivity contribution >= 4 is 46.6 Å². The number of alkyl halides is 3. The monoisotopic (exact) mass is 327 g/mol. The first kappa shape index (κ1) is 16.0. The predicted octanol–water partition coefficient (Wildman–Crippen LogP) is 3.62. The summed E-state index contributed by atoms with van der Waals surface area (Å²) >= 11 is 16.4. The molecule has 1 aromatic rings. The highest BCUT2D eigenvalue weighted by atomic mass is 35.6. The zero-order valence-corrected chi connectivity index (χ0v) is 12.5. The molecule has 1 N–H and O–H groups in total. The number of anilines is 1. The number of nitrogens with one attached hydrogen (secondary N) is 1. The molecular formula is C11H12Cl3NO4. The van der Waals surface area contributed by atoms with Crippen molar-refractivity contribution in [2.24, 2.45) is 0 Å². The van der Waals surface area contributed by atoms with Crippen LogP contribution in [-0.2, 0) is 4.74 Å². The van der Waals surface area contributed by atoms with Crippen molar-refractivity contribution in [1.29, 1.82) is 0 Å². The normalized spacial score (nSPS) is 10.8. The van der Waals surface area contributed by atoms with Gasteiger partial charge in [-0.25, -0.2) is 4.79 Å². The summed E-state index contributed by atoms with van der Waals surface area (Å²) in [6, 6.07) is 4.88. The zero-order valence-electron chi connectivity index (χ0n) is 10.2. The summed E-state index contributed by atoms with van der Waals surface area (Å²) in [4.78, 5) is 11.5. The lowest BCUT2D eigenvalue weighted by Gasteiger charge is -2.14. The molecule has 0 saturated carbocycles. The third kappa shape index (κ3) is 5.63. The summed E-state index contributed by atoms with van der Waals surface area (Å²) in [6.45, 7) is -0.359. The average molecular weight is 329 g/mol. The Hall–Kier alpha value is -1.04. The Kier molecular flexibility index (Phi) is 5.85. The Labute approximate surface area is 125 Å². The molecular weight excluding hydrogens is 316 g/mol. The van der Waals surface area contributed by atoms with Crippen LogP contribution in [0.1, 0.15) is 0 Å². The first-order valence-corrected chi connectivity index (χ1v) is 6.21. The molecule has 5 nitrogen and oxygen atoms in total. The maximum absolute atomic E-state index is 11.5. The molecule has 0 bridgehead atoms. The number of methoxy groups -OCH3 is 2. The van der Waals surface area contributed by atoms with Crippen LogP contribution >= 0.6 is 34.8 Å². The van der Waals surface area contributed by atoms with Crippen LogP contribution < -0.4 is 14.8 Å². The first-order valence-electron chi connectivity index (χ1n) is 5.08. The van der Waals surface area contributed by atoms with E-state index in [0.717, 1.165) is 0 Å². The number of rotatable bonds is 4. The summed E-state index contributed by atoms with van der Waals surface area (Å²) in [5, 5.41) is 2.47. The number of amides is 1. The molecule has 0 aliphatic rings. The highest BCUT2D eigenvalue weighted by Crippen LogP contribution is 2.30. The summed E-state index contributed by atoms with van der Waals surface area (Å²) in [6.07, 6.45) is -0.755. The number of hydrogen-bond donors (Lipinski definition) is 1. The second-order valence-electron chi connectivity index (χ2n) is 3.38. The molecule has 0 saturated heterocycles. The van der Waals surface area contributed by atoms with Crippen molar-refractivity contribution in [1.82, 2.24) is 0 Å². The lowest BCUT2D eigenvalue weighted by molar-refractivity contribution is 0.164. The van der Waals surface area contributed by atoms with Gasteiger partial charge in [0.2, 0.25) is 3.79 Å². The molecule has 8 heteroatoms. The van der Waals surface area contributed by atoms with E-state index >= 15 is 0 Å². The highest BCUT2D eigenvalue weighted by molar-refractivity contribution is 6.67. The van der Waals surface area contributed by atoms with Crippen molar-refractivity contribution in [3.63, 3.8) is 0 Å². The van der Waals surface area contributed by atoms with Crippen LogP contribution in [0.25, 0.3) is 0 Å². The van der Waals surface area contributed by atoms with Crippen molar-refractivity contribution in [3.05, 3.63) is 18.2 Å². The second-order valence-corrected chi connectivity index (χ2v) is 5.90. The van der Waals surface area contributed by atoms with Crippen LogP contribution in [0.3, 0.4) is 0 Å². The molecule has 19 heavy (non-hydrogen) atoms. The molecule has 0 atom stereocenters. The molecule has 0 aromatic heterocycles. The van der Waals surface area contributed by atoms with E-state index in [4.69, 9.17) is 49.0 Å².